The van der Waals surface area contributed by atoms with Crippen LogP contribution in [0.25, 0.3) is 21.9 Å². The molecule has 2 aromatic carbocycles. The van der Waals surface area contributed by atoms with Crippen LogP contribution in [0.2, 0.25) is 0 Å². The lowest BCUT2D eigenvalue weighted by molar-refractivity contribution is -0.650. The fourth-order valence-electron chi connectivity index (χ4n) is 1.82. The molecular weight excluding hydrogens is 174 g/mol. The van der Waals surface area contributed by atoms with Crippen molar-refractivity contribution in [3.05, 3.63) is 42.8 Å². The Labute approximate surface area is 81.4 Å². The van der Waals surface area contributed by atoms with E-state index in [0.29, 0.717) is 0 Å². The first-order chi connectivity index (χ1) is 6.86. The standard InChI is InChI=1S/C12H10NO/c1-13-8-14-12-10-5-3-2-4-9(10)6-7-11(12)13/h2-8H,1H3/q+1. The van der Waals surface area contributed by atoms with Crippen LogP contribution in [0, 0.1) is 0 Å². The van der Waals surface area contributed by atoms with E-state index in [4.69, 9.17) is 4.42 Å². The van der Waals surface area contributed by atoms with Gasteiger partial charge in [-0.1, -0.05) is 24.3 Å². The summed E-state index contributed by atoms with van der Waals surface area (Å²) in [7, 11) is 1.99. The summed E-state index contributed by atoms with van der Waals surface area (Å²) in [6.45, 7) is 0. The quantitative estimate of drug-likeness (QED) is 0.490. The van der Waals surface area contributed by atoms with Crippen molar-refractivity contribution in [2.45, 2.75) is 0 Å². The van der Waals surface area contributed by atoms with E-state index in [1.54, 1.807) is 6.39 Å². The maximum Gasteiger partial charge on any atom is 0.335 e. The molecule has 0 bridgehead atoms. The smallest absolute Gasteiger partial charge is 0.335 e. The third-order valence-corrected chi connectivity index (χ3v) is 2.57. The van der Waals surface area contributed by atoms with E-state index in [0.717, 1.165) is 11.1 Å². The topological polar surface area (TPSA) is 17.0 Å². The van der Waals surface area contributed by atoms with Crippen LogP contribution < -0.4 is 4.57 Å². The van der Waals surface area contributed by atoms with Gasteiger partial charge < -0.3 is 4.42 Å². The van der Waals surface area contributed by atoms with Gasteiger partial charge in [0.25, 0.3) is 5.52 Å². The Hall–Kier alpha value is -1.83. The number of aryl methyl sites for hydroxylation is 1. The van der Waals surface area contributed by atoms with Gasteiger partial charge >= 0.3 is 6.39 Å². The molecule has 3 aromatic rings. The SMILES string of the molecule is C[n+]1coc2c3ccccc3ccc21. The third-order valence-electron chi connectivity index (χ3n) is 2.57. The summed E-state index contributed by atoms with van der Waals surface area (Å²) in [5.74, 6) is 0. The second-order valence-corrected chi connectivity index (χ2v) is 3.47. The van der Waals surface area contributed by atoms with Crippen LogP contribution in [0.15, 0.2) is 47.2 Å². The molecule has 0 aliphatic heterocycles. The molecule has 0 N–H and O–H groups in total. The van der Waals surface area contributed by atoms with Gasteiger partial charge in [0.15, 0.2) is 0 Å². The van der Waals surface area contributed by atoms with Gasteiger partial charge in [-0.3, -0.25) is 0 Å². The molecule has 0 aliphatic carbocycles. The lowest BCUT2D eigenvalue weighted by atomic mass is 10.1. The molecule has 3 rings (SSSR count). The summed E-state index contributed by atoms with van der Waals surface area (Å²) in [6, 6.07) is 12.5. The monoisotopic (exact) mass is 184 g/mol. The summed E-state index contributed by atoms with van der Waals surface area (Å²) in [4.78, 5) is 0. The van der Waals surface area contributed by atoms with Crippen molar-refractivity contribution < 1.29 is 8.98 Å². The van der Waals surface area contributed by atoms with Crippen molar-refractivity contribution in [1.29, 1.82) is 0 Å². The van der Waals surface area contributed by atoms with Gasteiger partial charge in [0.05, 0.1) is 0 Å². The van der Waals surface area contributed by atoms with Gasteiger partial charge in [-0.25, -0.2) is 0 Å². The summed E-state index contributed by atoms with van der Waals surface area (Å²) in [5, 5.41) is 2.39. The van der Waals surface area contributed by atoms with Crippen molar-refractivity contribution >= 4 is 21.9 Å². The highest BCUT2D eigenvalue weighted by Gasteiger charge is 2.11. The molecule has 68 valence electrons. The summed E-state index contributed by atoms with van der Waals surface area (Å²) in [5.41, 5.74) is 2.09. The number of fused-ring (bicyclic) bond motifs is 3. The van der Waals surface area contributed by atoms with Gasteiger partial charge in [0.1, 0.15) is 7.05 Å². The van der Waals surface area contributed by atoms with Gasteiger partial charge in [0, 0.05) is 11.5 Å². The number of oxazole rings is 1. The van der Waals surface area contributed by atoms with E-state index in [2.05, 4.69) is 24.3 Å². The Morgan fingerprint density at radius 2 is 1.93 bits per heavy atom. The Kier molecular flexibility index (Phi) is 1.39. The van der Waals surface area contributed by atoms with E-state index in [-0.39, 0.29) is 0 Å². The van der Waals surface area contributed by atoms with Gasteiger partial charge in [-0.15, -0.1) is 0 Å². The van der Waals surface area contributed by atoms with Crippen molar-refractivity contribution in [3.8, 4) is 0 Å². The highest BCUT2D eigenvalue weighted by atomic mass is 16.3. The minimum atomic E-state index is 0.964. The summed E-state index contributed by atoms with van der Waals surface area (Å²) in [6.07, 6.45) is 1.73. The summed E-state index contributed by atoms with van der Waals surface area (Å²) < 4.78 is 7.51. The lowest BCUT2D eigenvalue weighted by Gasteiger charge is -1.94. The molecule has 0 atom stereocenters. The number of benzene rings is 2. The van der Waals surface area contributed by atoms with Gasteiger partial charge in [-0.2, -0.15) is 4.57 Å². The molecule has 1 heterocycles. The van der Waals surface area contributed by atoms with Gasteiger partial charge in [0.2, 0.25) is 5.58 Å². The molecule has 0 saturated carbocycles. The summed E-state index contributed by atoms with van der Waals surface area (Å²) >= 11 is 0. The Balaban J connectivity index is 2.61. The Morgan fingerprint density at radius 1 is 1.07 bits per heavy atom. The van der Waals surface area contributed by atoms with Crippen molar-refractivity contribution in [3.63, 3.8) is 0 Å². The number of hydrogen-bond donors (Lipinski definition) is 0. The second kappa shape index (κ2) is 2.58. The largest absolute Gasteiger partial charge is 0.403 e. The average Bonchev–Trinajstić information content (AvgIpc) is 2.61. The zero-order valence-electron chi connectivity index (χ0n) is 7.90. The van der Waals surface area contributed by atoms with Gasteiger partial charge in [-0.05, 0) is 11.5 Å². The molecule has 1 aromatic heterocycles. The van der Waals surface area contributed by atoms with Crippen LogP contribution >= 0.6 is 0 Å². The first-order valence-corrected chi connectivity index (χ1v) is 4.61. The molecule has 0 saturated heterocycles. The number of hydrogen-bond acceptors (Lipinski definition) is 1. The molecule has 0 radical (unpaired) electrons. The van der Waals surface area contributed by atoms with Crippen LogP contribution in [0.3, 0.4) is 0 Å². The van der Waals surface area contributed by atoms with Crippen LogP contribution in [0.1, 0.15) is 0 Å². The second-order valence-electron chi connectivity index (χ2n) is 3.47. The molecule has 0 aliphatic rings. The Morgan fingerprint density at radius 3 is 2.86 bits per heavy atom. The molecule has 0 spiro atoms. The molecule has 0 unspecified atom stereocenters. The molecule has 2 heteroatoms. The highest BCUT2D eigenvalue weighted by molar-refractivity contribution is 6.01. The average molecular weight is 184 g/mol. The van der Waals surface area contributed by atoms with Crippen LogP contribution in [-0.4, -0.2) is 0 Å². The third kappa shape index (κ3) is 0.880. The predicted molar refractivity (Wildman–Crippen MR) is 54.9 cm³/mol. The van der Waals surface area contributed by atoms with E-state index < -0.39 is 0 Å². The fourth-order valence-corrected chi connectivity index (χ4v) is 1.82. The molecule has 2 nitrogen and oxygen atoms in total. The predicted octanol–water partition coefficient (Wildman–Crippen LogP) is 2.41. The van der Waals surface area contributed by atoms with Crippen molar-refractivity contribution in [2.75, 3.05) is 0 Å². The van der Waals surface area contributed by atoms with Crippen LogP contribution in [-0.2, 0) is 7.05 Å². The van der Waals surface area contributed by atoms with E-state index >= 15 is 0 Å². The van der Waals surface area contributed by atoms with E-state index in [1.165, 1.54) is 10.8 Å². The maximum absolute atomic E-state index is 5.52. The maximum atomic E-state index is 5.52. The molecule has 0 fully saturated rings. The molecule has 0 amide bonds. The van der Waals surface area contributed by atoms with Crippen LogP contribution in [0.4, 0.5) is 0 Å². The highest BCUT2D eigenvalue weighted by Crippen LogP contribution is 2.22. The molecule has 14 heavy (non-hydrogen) atoms. The number of nitrogens with zero attached hydrogens (tertiary/aromatic N) is 1. The normalized spacial score (nSPS) is 11.2. The first-order valence-electron chi connectivity index (χ1n) is 4.61. The molecular formula is C12H10NO+. The van der Waals surface area contributed by atoms with Crippen LogP contribution in [0.5, 0.6) is 0 Å². The van der Waals surface area contributed by atoms with E-state index in [9.17, 15) is 0 Å². The Bertz CT molecular complexity index is 610. The zero-order chi connectivity index (χ0) is 9.54. The first kappa shape index (κ1) is 7.56. The van der Waals surface area contributed by atoms with Crippen molar-refractivity contribution in [1.82, 2.24) is 0 Å². The zero-order valence-corrected chi connectivity index (χ0v) is 7.90. The van der Waals surface area contributed by atoms with E-state index in [1.807, 2.05) is 23.7 Å². The lowest BCUT2D eigenvalue weighted by Crippen LogP contribution is -2.24. The van der Waals surface area contributed by atoms with Crippen molar-refractivity contribution in [2.24, 2.45) is 7.05 Å². The number of rotatable bonds is 0. The fraction of sp³-hybridized carbons (Fsp3) is 0.0833. The minimum Gasteiger partial charge on any atom is -0.403 e. The number of aromatic nitrogens is 1. The minimum absolute atomic E-state index is 0.964.